The SMILES string of the molecule is N[C@@H](CC(=O)N1CCC(c2ccccc2C(F)(F)F)CC1)Cc1ccccc1F. The smallest absolute Gasteiger partial charge is 0.343 e. The van der Waals surface area contributed by atoms with Crippen molar-refractivity contribution in [2.45, 2.75) is 43.8 Å². The number of halogens is 4. The van der Waals surface area contributed by atoms with E-state index in [1.807, 2.05) is 0 Å². The number of carbonyl (C=O) groups is 1. The molecule has 29 heavy (non-hydrogen) atoms. The summed E-state index contributed by atoms with van der Waals surface area (Å²) in [4.78, 5) is 14.2. The number of nitrogens with zero attached hydrogens (tertiary/aromatic N) is 1. The molecule has 1 amide bonds. The van der Waals surface area contributed by atoms with Crippen LogP contribution >= 0.6 is 0 Å². The predicted molar refractivity (Wildman–Crippen MR) is 103 cm³/mol. The van der Waals surface area contributed by atoms with Crippen molar-refractivity contribution in [3.8, 4) is 0 Å². The van der Waals surface area contributed by atoms with Gasteiger partial charge in [0.25, 0.3) is 0 Å². The van der Waals surface area contributed by atoms with Crippen molar-refractivity contribution in [1.29, 1.82) is 0 Å². The summed E-state index contributed by atoms with van der Waals surface area (Å²) in [5.74, 6) is -0.722. The highest BCUT2D eigenvalue weighted by atomic mass is 19.4. The highest BCUT2D eigenvalue weighted by Gasteiger charge is 2.36. The second-order valence-corrected chi connectivity index (χ2v) is 7.50. The molecule has 0 aliphatic carbocycles. The molecule has 0 radical (unpaired) electrons. The molecular formula is C22H24F4N2O. The Balaban J connectivity index is 1.56. The van der Waals surface area contributed by atoms with Gasteiger partial charge < -0.3 is 10.6 Å². The van der Waals surface area contributed by atoms with E-state index in [2.05, 4.69) is 0 Å². The minimum absolute atomic E-state index is 0.0815. The summed E-state index contributed by atoms with van der Waals surface area (Å²) in [6.45, 7) is 0.782. The number of piperidine rings is 1. The van der Waals surface area contributed by atoms with Crippen molar-refractivity contribution in [1.82, 2.24) is 4.90 Å². The zero-order chi connectivity index (χ0) is 21.0. The molecule has 1 atom stereocenters. The van der Waals surface area contributed by atoms with Gasteiger partial charge in [0.15, 0.2) is 0 Å². The highest BCUT2D eigenvalue weighted by molar-refractivity contribution is 5.77. The van der Waals surface area contributed by atoms with Crippen LogP contribution in [0.5, 0.6) is 0 Å². The fourth-order valence-electron chi connectivity index (χ4n) is 3.92. The highest BCUT2D eigenvalue weighted by Crippen LogP contribution is 2.38. The van der Waals surface area contributed by atoms with Crippen molar-refractivity contribution >= 4 is 5.91 Å². The van der Waals surface area contributed by atoms with Gasteiger partial charge in [-0.1, -0.05) is 36.4 Å². The lowest BCUT2D eigenvalue weighted by Gasteiger charge is -2.33. The van der Waals surface area contributed by atoms with Crippen LogP contribution in [0.15, 0.2) is 48.5 Å². The van der Waals surface area contributed by atoms with E-state index >= 15 is 0 Å². The molecule has 1 heterocycles. The van der Waals surface area contributed by atoms with Gasteiger partial charge in [0.2, 0.25) is 5.91 Å². The predicted octanol–water partition coefficient (Wildman–Crippen LogP) is 4.51. The van der Waals surface area contributed by atoms with E-state index in [0.29, 0.717) is 37.1 Å². The van der Waals surface area contributed by atoms with Crippen molar-refractivity contribution < 1.29 is 22.4 Å². The molecule has 0 saturated carbocycles. The van der Waals surface area contributed by atoms with Gasteiger partial charge in [-0.25, -0.2) is 4.39 Å². The molecule has 3 nitrogen and oxygen atoms in total. The number of hydrogen-bond acceptors (Lipinski definition) is 2. The lowest BCUT2D eigenvalue weighted by molar-refractivity contribution is -0.139. The maximum atomic E-state index is 13.7. The fourth-order valence-corrected chi connectivity index (χ4v) is 3.92. The Labute approximate surface area is 167 Å². The Morgan fingerprint density at radius 3 is 2.34 bits per heavy atom. The summed E-state index contributed by atoms with van der Waals surface area (Å²) >= 11 is 0. The van der Waals surface area contributed by atoms with Crippen LogP contribution in [0.4, 0.5) is 17.6 Å². The second kappa shape index (κ2) is 8.95. The number of carbonyl (C=O) groups excluding carboxylic acids is 1. The Morgan fingerprint density at radius 1 is 1.07 bits per heavy atom. The molecule has 2 aromatic rings. The third kappa shape index (κ3) is 5.35. The van der Waals surface area contributed by atoms with Crippen LogP contribution in [0.1, 0.15) is 41.9 Å². The first-order chi connectivity index (χ1) is 13.8. The molecular weight excluding hydrogens is 384 g/mol. The number of nitrogens with two attached hydrogens (primary N) is 1. The van der Waals surface area contributed by atoms with E-state index in [4.69, 9.17) is 5.73 Å². The number of benzene rings is 2. The molecule has 0 unspecified atom stereocenters. The van der Waals surface area contributed by atoms with E-state index in [0.717, 1.165) is 6.07 Å². The Bertz CT molecular complexity index is 845. The van der Waals surface area contributed by atoms with Gasteiger partial charge in [0, 0.05) is 25.6 Å². The largest absolute Gasteiger partial charge is 0.416 e. The summed E-state index contributed by atoms with van der Waals surface area (Å²) in [5.41, 5.74) is 6.19. The monoisotopic (exact) mass is 408 g/mol. The average Bonchev–Trinajstić information content (AvgIpc) is 2.69. The number of likely N-dealkylation sites (tertiary alicyclic amines) is 1. The van der Waals surface area contributed by atoms with E-state index in [9.17, 15) is 22.4 Å². The first kappa shape index (κ1) is 21.3. The topological polar surface area (TPSA) is 46.3 Å². The van der Waals surface area contributed by atoms with Crippen LogP contribution in [0.25, 0.3) is 0 Å². The number of amides is 1. The Hall–Kier alpha value is -2.41. The molecule has 3 rings (SSSR count). The van der Waals surface area contributed by atoms with Gasteiger partial charge in [-0.15, -0.1) is 0 Å². The van der Waals surface area contributed by atoms with Gasteiger partial charge in [0.1, 0.15) is 5.82 Å². The van der Waals surface area contributed by atoms with Crippen molar-refractivity contribution in [3.63, 3.8) is 0 Å². The maximum Gasteiger partial charge on any atom is 0.416 e. The van der Waals surface area contributed by atoms with E-state index < -0.39 is 17.8 Å². The zero-order valence-corrected chi connectivity index (χ0v) is 16.0. The third-order valence-corrected chi connectivity index (χ3v) is 5.43. The number of hydrogen-bond donors (Lipinski definition) is 1. The van der Waals surface area contributed by atoms with Crippen LogP contribution in [-0.2, 0) is 17.4 Å². The third-order valence-electron chi connectivity index (χ3n) is 5.43. The maximum absolute atomic E-state index is 13.7. The fraction of sp³-hybridized carbons (Fsp3) is 0.409. The molecule has 1 aliphatic heterocycles. The lowest BCUT2D eigenvalue weighted by Crippen LogP contribution is -2.41. The average molecular weight is 408 g/mol. The van der Waals surface area contributed by atoms with Crippen LogP contribution in [0, 0.1) is 5.82 Å². The van der Waals surface area contributed by atoms with Gasteiger partial charge in [0.05, 0.1) is 5.56 Å². The summed E-state index contributed by atoms with van der Waals surface area (Å²) in [5, 5.41) is 0. The standard InChI is InChI=1S/C22H24F4N2O/c23-20-8-4-1-5-16(20)13-17(27)14-21(29)28-11-9-15(10-12-28)18-6-2-3-7-19(18)22(24,25)26/h1-8,15,17H,9-14,27H2/t17-/m1/s1. The normalized spacial score (nSPS) is 16.7. The minimum atomic E-state index is -4.39. The molecule has 0 aromatic heterocycles. The summed E-state index contributed by atoms with van der Waals surface area (Å²) in [6, 6.07) is 11.4. The van der Waals surface area contributed by atoms with Gasteiger partial charge >= 0.3 is 6.18 Å². The molecule has 1 fully saturated rings. The van der Waals surface area contributed by atoms with Crippen molar-refractivity contribution in [3.05, 3.63) is 71.0 Å². The molecule has 7 heteroatoms. The van der Waals surface area contributed by atoms with Crippen LogP contribution < -0.4 is 5.73 Å². The van der Waals surface area contributed by atoms with Crippen molar-refractivity contribution in [2.24, 2.45) is 5.73 Å². The van der Waals surface area contributed by atoms with Crippen LogP contribution in [-0.4, -0.2) is 29.9 Å². The summed E-state index contributed by atoms with van der Waals surface area (Å²) < 4.78 is 53.5. The Kier molecular flexibility index (Phi) is 6.57. The van der Waals surface area contributed by atoms with Crippen LogP contribution in [0.2, 0.25) is 0 Å². The zero-order valence-electron chi connectivity index (χ0n) is 16.0. The van der Waals surface area contributed by atoms with E-state index in [-0.39, 0.29) is 30.5 Å². The van der Waals surface area contributed by atoms with Crippen LogP contribution in [0.3, 0.4) is 0 Å². The lowest BCUT2D eigenvalue weighted by atomic mass is 9.86. The first-order valence-electron chi connectivity index (χ1n) is 9.68. The van der Waals surface area contributed by atoms with Gasteiger partial charge in [-0.3, -0.25) is 4.79 Å². The van der Waals surface area contributed by atoms with Crippen molar-refractivity contribution in [2.75, 3.05) is 13.1 Å². The first-order valence-corrected chi connectivity index (χ1v) is 9.68. The summed E-state index contributed by atoms with van der Waals surface area (Å²) in [6.07, 6.45) is -3.10. The van der Waals surface area contributed by atoms with Gasteiger partial charge in [-0.2, -0.15) is 13.2 Å². The molecule has 2 aromatic carbocycles. The Morgan fingerprint density at radius 2 is 1.69 bits per heavy atom. The van der Waals surface area contributed by atoms with E-state index in [1.54, 1.807) is 29.2 Å². The molecule has 156 valence electrons. The van der Waals surface area contributed by atoms with Gasteiger partial charge in [-0.05, 0) is 48.4 Å². The minimum Gasteiger partial charge on any atom is -0.343 e. The molecule has 1 saturated heterocycles. The molecule has 1 aliphatic rings. The molecule has 0 spiro atoms. The molecule has 0 bridgehead atoms. The quantitative estimate of drug-likeness (QED) is 0.740. The van der Waals surface area contributed by atoms with E-state index in [1.165, 1.54) is 18.2 Å². The summed E-state index contributed by atoms with van der Waals surface area (Å²) in [7, 11) is 0. The number of rotatable bonds is 5. The number of alkyl halides is 3. The molecule has 2 N–H and O–H groups in total. The second-order valence-electron chi connectivity index (χ2n) is 7.50.